The van der Waals surface area contributed by atoms with Crippen LogP contribution in [0.2, 0.25) is 0 Å². The predicted octanol–water partition coefficient (Wildman–Crippen LogP) is 0.598. The van der Waals surface area contributed by atoms with Gasteiger partial charge < -0.3 is 9.63 Å². The summed E-state index contributed by atoms with van der Waals surface area (Å²) in [6.07, 6.45) is 1.76. The molecule has 1 aromatic heterocycles. The van der Waals surface area contributed by atoms with Crippen LogP contribution in [0.5, 0.6) is 0 Å². The lowest BCUT2D eigenvalue weighted by atomic mass is 10.2. The maximum absolute atomic E-state index is 8.84. The van der Waals surface area contributed by atoms with Gasteiger partial charge in [0.25, 0.3) is 0 Å². The van der Waals surface area contributed by atoms with Crippen molar-refractivity contribution in [3.05, 3.63) is 18.0 Å². The molecule has 0 fully saturated rings. The Morgan fingerprint density at radius 3 is 3.11 bits per heavy atom. The molecule has 0 bridgehead atoms. The van der Waals surface area contributed by atoms with Crippen molar-refractivity contribution in [1.82, 2.24) is 5.16 Å². The molecule has 0 saturated carbocycles. The summed E-state index contributed by atoms with van der Waals surface area (Å²) in [5.41, 5.74) is 0. The molecule has 1 unspecified atom stereocenters. The Morgan fingerprint density at radius 1 is 1.89 bits per heavy atom. The van der Waals surface area contributed by atoms with Crippen LogP contribution in [0.1, 0.15) is 12.7 Å². The van der Waals surface area contributed by atoms with E-state index in [1.165, 1.54) is 0 Å². The van der Waals surface area contributed by atoms with Crippen LogP contribution in [0.4, 0.5) is 0 Å². The second-order valence-electron chi connectivity index (χ2n) is 2.03. The van der Waals surface area contributed by atoms with Crippen LogP contribution < -0.4 is 0 Å². The van der Waals surface area contributed by atoms with Crippen LogP contribution >= 0.6 is 0 Å². The van der Waals surface area contributed by atoms with E-state index >= 15 is 0 Å². The Balaban J connectivity index is 2.48. The van der Waals surface area contributed by atoms with Gasteiger partial charge in [0.15, 0.2) is 0 Å². The van der Waals surface area contributed by atoms with Gasteiger partial charge in [-0.25, -0.2) is 0 Å². The van der Waals surface area contributed by atoms with E-state index in [0.29, 0.717) is 6.42 Å². The number of aliphatic hydroxyl groups excluding tert-OH is 1. The summed E-state index contributed by atoms with van der Waals surface area (Å²) >= 11 is 0. The third-order valence-corrected chi connectivity index (χ3v) is 0.988. The van der Waals surface area contributed by atoms with E-state index in [9.17, 15) is 0 Å². The highest BCUT2D eigenvalue weighted by Gasteiger charge is 2.00. The number of nitrogens with zero attached hydrogens (tertiary/aromatic N) is 1. The van der Waals surface area contributed by atoms with Gasteiger partial charge in [-0.3, -0.25) is 0 Å². The summed E-state index contributed by atoms with van der Waals surface area (Å²) in [6, 6.07) is 1.74. The molecule has 0 aliphatic rings. The first-order chi connectivity index (χ1) is 4.29. The third-order valence-electron chi connectivity index (χ3n) is 0.988. The average Bonchev–Trinajstić information content (AvgIpc) is 2.15. The summed E-state index contributed by atoms with van der Waals surface area (Å²) in [5, 5.41) is 12.3. The summed E-state index contributed by atoms with van der Waals surface area (Å²) in [6.45, 7) is 1.71. The molecule has 0 spiro atoms. The minimum atomic E-state index is -0.349. The second kappa shape index (κ2) is 2.64. The topological polar surface area (TPSA) is 46.3 Å². The molecular formula is C6H9NO2. The van der Waals surface area contributed by atoms with Crippen LogP contribution in [0.3, 0.4) is 0 Å². The van der Waals surface area contributed by atoms with Crippen molar-refractivity contribution in [1.29, 1.82) is 0 Å². The molecule has 1 N–H and O–H groups in total. The number of rotatable bonds is 2. The van der Waals surface area contributed by atoms with Crippen LogP contribution in [0.25, 0.3) is 0 Å². The first-order valence-electron chi connectivity index (χ1n) is 2.86. The summed E-state index contributed by atoms with van der Waals surface area (Å²) in [4.78, 5) is 0. The average molecular weight is 127 g/mol. The van der Waals surface area contributed by atoms with Crippen molar-refractivity contribution in [2.24, 2.45) is 0 Å². The quantitative estimate of drug-likeness (QED) is 0.632. The zero-order valence-corrected chi connectivity index (χ0v) is 5.24. The molecule has 0 aliphatic carbocycles. The monoisotopic (exact) mass is 127 g/mol. The van der Waals surface area contributed by atoms with E-state index in [1.807, 2.05) is 0 Å². The highest BCUT2D eigenvalue weighted by molar-refractivity contribution is 4.93. The molecule has 1 aromatic rings. The molecule has 1 atom stereocenters. The molecule has 0 amide bonds. The molecule has 0 saturated heterocycles. The molecule has 0 aliphatic heterocycles. The molecular weight excluding hydrogens is 118 g/mol. The predicted molar refractivity (Wildman–Crippen MR) is 31.9 cm³/mol. The Kier molecular flexibility index (Phi) is 1.85. The molecule has 1 heterocycles. The van der Waals surface area contributed by atoms with Crippen molar-refractivity contribution < 1.29 is 9.63 Å². The minimum absolute atomic E-state index is 0.349. The Morgan fingerprint density at radius 2 is 2.67 bits per heavy atom. The first-order valence-corrected chi connectivity index (χ1v) is 2.86. The maximum Gasteiger partial charge on any atom is 0.139 e. The third kappa shape index (κ3) is 1.85. The zero-order valence-electron chi connectivity index (χ0n) is 5.24. The van der Waals surface area contributed by atoms with E-state index in [4.69, 9.17) is 9.63 Å². The van der Waals surface area contributed by atoms with E-state index in [0.717, 1.165) is 5.76 Å². The fraction of sp³-hybridized carbons (Fsp3) is 0.500. The van der Waals surface area contributed by atoms with Gasteiger partial charge in [0.2, 0.25) is 0 Å². The Labute approximate surface area is 53.3 Å². The molecule has 3 heteroatoms. The van der Waals surface area contributed by atoms with Gasteiger partial charge in [-0.15, -0.1) is 0 Å². The van der Waals surface area contributed by atoms with Crippen LogP contribution in [0.15, 0.2) is 16.8 Å². The van der Waals surface area contributed by atoms with Gasteiger partial charge in [-0.1, -0.05) is 5.16 Å². The van der Waals surface area contributed by atoms with Crippen molar-refractivity contribution >= 4 is 0 Å². The lowest BCUT2D eigenvalue weighted by molar-refractivity contribution is 0.183. The maximum atomic E-state index is 8.84. The molecule has 3 nitrogen and oxygen atoms in total. The second-order valence-corrected chi connectivity index (χ2v) is 2.03. The normalized spacial score (nSPS) is 13.6. The molecule has 0 radical (unpaired) electrons. The van der Waals surface area contributed by atoms with Crippen molar-refractivity contribution in [2.75, 3.05) is 0 Å². The van der Waals surface area contributed by atoms with Gasteiger partial charge in [-0.2, -0.15) is 0 Å². The van der Waals surface area contributed by atoms with Gasteiger partial charge in [0.05, 0.1) is 12.3 Å². The number of aliphatic hydroxyl groups is 1. The van der Waals surface area contributed by atoms with E-state index in [1.54, 1.807) is 19.2 Å². The van der Waals surface area contributed by atoms with Gasteiger partial charge in [0, 0.05) is 12.5 Å². The van der Waals surface area contributed by atoms with E-state index < -0.39 is 0 Å². The van der Waals surface area contributed by atoms with Crippen LogP contribution in [0, 0.1) is 0 Å². The Bertz CT molecular complexity index is 158. The van der Waals surface area contributed by atoms with Crippen molar-refractivity contribution in [3.8, 4) is 0 Å². The highest BCUT2D eigenvalue weighted by Crippen LogP contribution is 1.99. The summed E-state index contributed by atoms with van der Waals surface area (Å²) in [7, 11) is 0. The fourth-order valence-electron chi connectivity index (χ4n) is 0.639. The molecule has 0 aromatic carbocycles. The number of aromatic nitrogens is 1. The van der Waals surface area contributed by atoms with Gasteiger partial charge >= 0.3 is 0 Å². The summed E-state index contributed by atoms with van der Waals surface area (Å²) in [5.74, 6) is 0.727. The van der Waals surface area contributed by atoms with Crippen LogP contribution in [-0.2, 0) is 6.42 Å². The lowest BCUT2D eigenvalue weighted by Crippen LogP contribution is -2.02. The van der Waals surface area contributed by atoms with E-state index in [2.05, 4.69) is 5.16 Å². The van der Waals surface area contributed by atoms with Crippen molar-refractivity contribution in [3.63, 3.8) is 0 Å². The smallest absolute Gasteiger partial charge is 0.139 e. The zero-order chi connectivity index (χ0) is 6.69. The van der Waals surface area contributed by atoms with Gasteiger partial charge in [0.1, 0.15) is 5.76 Å². The lowest BCUT2D eigenvalue weighted by Gasteiger charge is -1.96. The molecule has 50 valence electrons. The van der Waals surface area contributed by atoms with Crippen molar-refractivity contribution in [2.45, 2.75) is 19.4 Å². The highest BCUT2D eigenvalue weighted by atomic mass is 16.5. The number of hydrogen-bond donors (Lipinski definition) is 1. The minimum Gasteiger partial charge on any atom is -0.393 e. The number of hydrogen-bond acceptors (Lipinski definition) is 3. The first kappa shape index (κ1) is 6.29. The SMILES string of the molecule is CC(O)Cc1ccno1. The Hall–Kier alpha value is -0.830. The molecule has 9 heavy (non-hydrogen) atoms. The largest absolute Gasteiger partial charge is 0.393 e. The summed E-state index contributed by atoms with van der Waals surface area (Å²) < 4.78 is 4.73. The van der Waals surface area contributed by atoms with Crippen LogP contribution in [-0.4, -0.2) is 16.4 Å². The standard InChI is InChI=1S/C6H9NO2/c1-5(8)4-6-2-3-7-9-6/h2-3,5,8H,4H2,1H3. The van der Waals surface area contributed by atoms with Gasteiger partial charge in [-0.05, 0) is 6.92 Å². The fourth-order valence-corrected chi connectivity index (χ4v) is 0.639. The molecule has 1 rings (SSSR count). The van der Waals surface area contributed by atoms with E-state index in [-0.39, 0.29) is 6.10 Å².